The van der Waals surface area contributed by atoms with Crippen molar-refractivity contribution >= 4 is 29.4 Å². The Morgan fingerprint density at radius 3 is 2.81 bits per heavy atom. The van der Waals surface area contributed by atoms with Crippen molar-refractivity contribution in [2.24, 2.45) is 5.92 Å². The summed E-state index contributed by atoms with van der Waals surface area (Å²) in [5.41, 5.74) is 0.975. The largest absolute Gasteiger partial charge is 0.356 e. The molecule has 1 saturated heterocycles. The van der Waals surface area contributed by atoms with Crippen LogP contribution in [0.1, 0.15) is 37.7 Å². The van der Waals surface area contributed by atoms with Gasteiger partial charge in [0.1, 0.15) is 0 Å². The highest BCUT2D eigenvalue weighted by molar-refractivity contribution is 6.31. The molecule has 1 aromatic rings. The van der Waals surface area contributed by atoms with Gasteiger partial charge >= 0.3 is 6.03 Å². The van der Waals surface area contributed by atoms with Crippen LogP contribution in [0, 0.1) is 5.92 Å². The molecule has 6 nitrogen and oxygen atoms in total. The average molecular weight is 378 g/mol. The first-order chi connectivity index (χ1) is 12.6. The van der Waals surface area contributed by atoms with Crippen LogP contribution >= 0.6 is 11.6 Å². The Morgan fingerprint density at radius 1 is 1.23 bits per heavy atom. The van der Waals surface area contributed by atoms with Crippen LogP contribution in [0.15, 0.2) is 24.3 Å². The van der Waals surface area contributed by atoms with Crippen molar-refractivity contribution in [2.75, 3.05) is 13.1 Å². The van der Waals surface area contributed by atoms with E-state index in [0.29, 0.717) is 18.0 Å². The van der Waals surface area contributed by atoms with Gasteiger partial charge in [0.05, 0.1) is 5.92 Å². The van der Waals surface area contributed by atoms with E-state index in [1.54, 1.807) is 0 Å². The molecule has 2 N–H and O–H groups in total. The Balaban J connectivity index is 1.44. The van der Waals surface area contributed by atoms with Crippen molar-refractivity contribution in [3.8, 4) is 0 Å². The van der Waals surface area contributed by atoms with Crippen molar-refractivity contribution in [1.29, 1.82) is 0 Å². The molecule has 0 spiro atoms. The van der Waals surface area contributed by atoms with E-state index < -0.39 is 0 Å². The molecule has 2 unspecified atom stereocenters. The number of halogens is 1. The number of carbonyl (C=O) groups is 3. The zero-order valence-electron chi connectivity index (χ0n) is 14.7. The van der Waals surface area contributed by atoms with Crippen LogP contribution in [0.5, 0.6) is 0 Å². The van der Waals surface area contributed by atoms with E-state index in [1.807, 2.05) is 24.3 Å². The molecule has 4 amide bonds. The molecule has 26 heavy (non-hydrogen) atoms. The van der Waals surface area contributed by atoms with Crippen molar-refractivity contribution in [2.45, 2.75) is 44.6 Å². The highest BCUT2D eigenvalue weighted by atomic mass is 35.5. The first kappa shape index (κ1) is 18.7. The number of benzene rings is 1. The van der Waals surface area contributed by atoms with Crippen molar-refractivity contribution in [1.82, 2.24) is 15.5 Å². The summed E-state index contributed by atoms with van der Waals surface area (Å²) in [6.45, 7) is 0.583. The summed E-state index contributed by atoms with van der Waals surface area (Å²) < 4.78 is 0. The first-order valence-electron chi connectivity index (χ1n) is 9.18. The smallest absolute Gasteiger partial charge is 0.324 e. The molecule has 1 aliphatic heterocycles. The standard InChI is InChI=1S/C19H24ClN3O3/c20-15-7-3-1-5-13(15)9-11-21-17(24)10-12-23-18(25)14-6-2-4-8-16(14)22-19(23)26/h1,3,5,7,14,16H,2,4,6,8-12H2,(H,21,24)(H,22,26). The maximum atomic E-state index is 12.5. The number of carbonyl (C=O) groups excluding carboxylic acids is 3. The van der Waals surface area contributed by atoms with E-state index in [4.69, 9.17) is 11.6 Å². The Bertz CT molecular complexity index is 694. The number of hydrogen-bond donors (Lipinski definition) is 2. The predicted molar refractivity (Wildman–Crippen MR) is 98.8 cm³/mol. The fraction of sp³-hybridized carbons (Fsp3) is 0.526. The lowest BCUT2D eigenvalue weighted by molar-refractivity contribution is -0.136. The molecule has 0 aromatic heterocycles. The molecule has 0 bridgehead atoms. The maximum Gasteiger partial charge on any atom is 0.324 e. The monoisotopic (exact) mass is 377 g/mol. The SMILES string of the molecule is O=C(CCN1C(=O)NC2CCCCC2C1=O)NCCc1ccccc1Cl. The minimum atomic E-state index is -0.373. The number of rotatable bonds is 6. The predicted octanol–water partition coefficient (Wildman–Crippen LogP) is 2.50. The summed E-state index contributed by atoms with van der Waals surface area (Å²) >= 11 is 6.09. The Labute approximate surface area is 158 Å². The number of hydrogen-bond acceptors (Lipinski definition) is 3. The van der Waals surface area contributed by atoms with Gasteiger partial charge in [-0.1, -0.05) is 42.6 Å². The Morgan fingerprint density at radius 2 is 2.00 bits per heavy atom. The second-order valence-corrected chi connectivity index (χ2v) is 7.29. The second-order valence-electron chi connectivity index (χ2n) is 6.88. The van der Waals surface area contributed by atoms with Gasteiger partial charge in [-0.05, 0) is 30.9 Å². The van der Waals surface area contributed by atoms with Gasteiger partial charge < -0.3 is 10.6 Å². The molecule has 2 aliphatic rings. The van der Waals surface area contributed by atoms with Crippen LogP contribution in [-0.4, -0.2) is 41.9 Å². The highest BCUT2D eigenvalue weighted by Crippen LogP contribution is 2.29. The van der Waals surface area contributed by atoms with E-state index in [1.165, 1.54) is 4.90 Å². The average Bonchev–Trinajstić information content (AvgIpc) is 2.63. The zero-order chi connectivity index (χ0) is 18.5. The van der Waals surface area contributed by atoms with Gasteiger partial charge in [0.25, 0.3) is 0 Å². The lowest BCUT2D eigenvalue weighted by Crippen LogP contribution is -2.61. The van der Waals surface area contributed by atoms with E-state index in [0.717, 1.165) is 31.2 Å². The maximum absolute atomic E-state index is 12.5. The number of amides is 4. The van der Waals surface area contributed by atoms with E-state index in [2.05, 4.69) is 10.6 Å². The van der Waals surface area contributed by atoms with Gasteiger partial charge in [0.15, 0.2) is 0 Å². The number of urea groups is 1. The molecular formula is C19H24ClN3O3. The van der Waals surface area contributed by atoms with Crippen molar-refractivity contribution in [3.05, 3.63) is 34.9 Å². The Hall–Kier alpha value is -2.08. The lowest BCUT2D eigenvalue weighted by Gasteiger charge is -2.39. The zero-order valence-corrected chi connectivity index (χ0v) is 15.4. The topological polar surface area (TPSA) is 78.5 Å². The van der Waals surface area contributed by atoms with Gasteiger partial charge in [-0.15, -0.1) is 0 Å². The summed E-state index contributed by atoms with van der Waals surface area (Å²) in [5, 5.41) is 6.41. The molecule has 2 fully saturated rings. The van der Waals surface area contributed by atoms with Gasteiger partial charge in [0, 0.05) is 30.6 Å². The third-order valence-electron chi connectivity index (χ3n) is 5.14. The third-order valence-corrected chi connectivity index (χ3v) is 5.51. The molecule has 7 heteroatoms. The van der Waals surface area contributed by atoms with Crippen LogP contribution in [-0.2, 0) is 16.0 Å². The molecule has 2 atom stereocenters. The normalized spacial score (nSPS) is 22.6. The van der Waals surface area contributed by atoms with Crippen LogP contribution in [0.4, 0.5) is 4.79 Å². The molecule has 1 aromatic carbocycles. The third kappa shape index (κ3) is 4.36. The summed E-state index contributed by atoms with van der Waals surface area (Å²) in [6.07, 6.45) is 4.47. The van der Waals surface area contributed by atoms with Crippen molar-refractivity contribution in [3.63, 3.8) is 0 Å². The molecule has 3 rings (SSSR count). The van der Waals surface area contributed by atoms with Gasteiger partial charge in [-0.2, -0.15) is 0 Å². The quantitative estimate of drug-likeness (QED) is 0.799. The number of fused-ring (bicyclic) bond motifs is 1. The second kappa shape index (κ2) is 8.54. The molecular weight excluding hydrogens is 354 g/mol. The summed E-state index contributed by atoms with van der Waals surface area (Å²) in [6, 6.07) is 7.10. The highest BCUT2D eigenvalue weighted by Gasteiger charge is 2.41. The fourth-order valence-corrected chi connectivity index (χ4v) is 3.92. The molecule has 140 valence electrons. The number of nitrogens with one attached hydrogen (secondary N) is 2. The van der Waals surface area contributed by atoms with Crippen LogP contribution in [0.3, 0.4) is 0 Å². The Kier molecular flexibility index (Phi) is 6.14. The van der Waals surface area contributed by atoms with Crippen LogP contribution < -0.4 is 10.6 Å². The lowest BCUT2D eigenvalue weighted by atomic mass is 9.82. The van der Waals surface area contributed by atoms with Crippen LogP contribution in [0.2, 0.25) is 5.02 Å². The van der Waals surface area contributed by atoms with E-state index in [9.17, 15) is 14.4 Å². The van der Waals surface area contributed by atoms with Gasteiger partial charge in [-0.3, -0.25) is 14.5 Å². The molecule has 0 radical (unpaired) electrons. The summed E-state index contributed by atoms with van der Waals surface area (Å²) in [4.78, 5) is 37.9. The molecule has 1 heterocycles. The molecule has 1 saturated carbocycles. The van der Waals surface area contributed by atoms with Gasteiger partial charge in [0.2, 0.25) is 11.8 Å². The first-order valence-corrected chi connectivity index (χ1v) is 9.56. The van der Waals surface area contributed by atoms with E-state index >= 15 is 0 Å². The minimum absolute atomic E-state index is 0.0375. The summed E-state index contributed by atoms with van der Waals surface area (Å²) in [7, 11) is 0. The fourth-order valence-electron chi connectivity index (χ4n) is 3.69. The number of imide groups is 1. The summed E-state index contributed by atoms with van der Waals surface area (Å²) in [5.74, 6) is -0.449. The minimum Gasteiger partial charge on any atom is -0.356 e. The van der Waals surface area contributed by atoms with Gasteiger partial charge in [-0.25, -0.2) is 4.79 Å². The van der Waals surface area contributed by atoms with Crippen molar-refractivity contribution < 1.29 is 14.4 Å². The van der Waals surface area contributed by atoms with Crippen LogP contribution in [0.25, 0.3) is 0 Å². The number of nitrogens with zero attached hydrogens (tertiary/aromatic N) is 1. The molecule has 1 aliphatic carbocycles. The van der Waals surface area contributed by atoms with E-state index in [-0.39, 0.29) is 42.8 Å².